The Balaban J connectivity index is 3.87. The molecule has 0 rings (SSSR count). The fraction of sp³-hybridized carbons (Fsp3) is 1.00. The molecule has 0 radical (unpaired) electrons. The number of hydrogen-bond acceptors (Lipinski definition) is 3. The molecule has 5 heteroatoms. The summed E-state index contributed by atoms with van der Waals surface area (Å²) in [6.07, 6.45) is 14.2. The van der Waals surface area contributed by atoms with E-state index in [0.717, 1.165) is 38.5 Å². The maximum Gasteiger partial charge on any atom is 0.267 e. The molecule has 0 fully saturated rings. The highest BCUT2D eigenvalue weighted by Gasteiger charge is 2.22. The quantitative estimate of drug-likeness (QED) is 0.264. The Kier molecular flexibility index (Phi) is 15.1. The lowest BCUT2D eigenvalue weighted by Gasteiger charge is -2.15. The van der Waals surface area contributed by atoms with E-state index >= 15 is 0 Å². The molecule has 0 aromatic heterocycles. The first-order valence-electron chi connectivity index (χ1n) is 10.1. The highest BCUT2D eigenvalue weighted by Crippen LogP contribution is 2.19. The van der Waals surface area contributed by atoms with Gasteiger partial charge in [0.1, 0.15) is 0 Å². The summed E-state index contributed by atoms with van der Waals surface area (Å²) in [7, 11) is -3.97. The summed E-state index contributed by atoms with van der Waals surface area (Å²) in [5.41, 5.74) is 0. The lowest BCUT2D eigenvalue weighted by atomic mass is 10.0. The predicted molar refractivity (Wildman–Crippen MR) is 102 cm³/mol. The van der Waals surface area contributed by atoms with Crippen LogP contribution in [-0.4, -0.2) is 29.4 Å². The molecule has 2 atom stereocenters. The van der Waals surface area contributed by atoms with Crippen LogP contribution in [0.2, 0.25) is 0 Å². The van der Waals surface area contributed by atoms with Crippen molar-refractivity contribution in [1.82, 2.24) is 0 Å². The van der Waals surface area contributed by atoms with E-state index in [2.05, 4.69) is 13.8 Å². The van der Waals surface area contributed by atoms with Gasteiger partial charge in [0.05, 0.1) is 11.4 Å². The zero-order chi connectivity index (χ0) is 18.3. The van der Waals surface area contributed by atoms with E-state index in [4.69, 9.17) is 0 Å². The molecule has 0 aliphatic rings. The van der Waals surface area contributed by atoms with Gasteiger partial charge in [0.2, 0.25) is 0 Å². The number of rotatable bonds is 17. The van der Waals surface area contributed by atoms with E-state index in [1.54, 1.807) is 0 Å². The topological polar surface area (TPSA) is 74.6 Å². The molecule has 0 aromatic rings. The van der Waals surface area contributed by atoms with Crippen molar-refractivity contribution in [3.8, 4) is 0 Å². The molecular formula is C19H40O4S. The standard InChI is InChI=1S/C19H40O4S/c1-3-5-7-8-9-10-11-12-16-19(24(21,22)23)17-13-15-18(20)14-6-4-2/h18-20H,3-17H2,1-2H3,(H,21,22,23). The monoisotopic (exact) mass is 364 g/mol. The van der Waals surface area contributed by atoms with Gasteiger partial charge in [-0.25, -0.2) is 0 Å². The van der Waals surface area contributed by atoms with Crippen LogP contribution in [-0.2, 0) is 10.1 Å². The normalized spacial score (nSPS) is 14.7. The van der Waals surface area contributed by atoms with Crippen molar-refractivity contribution in [2.45, 2.75) is 122 Å². The van der Waals surface area contributed by atoms with Crippen molar-refractivity contribution in [3.63, 3.8) is 0 Å². The molecule has 2 N–H and O–H groups in total. The minimum atomic E-state index is -3.97. The summed E-state index contributed by atoms with van der Waals surface area (Å²) in [5, 5.41) is 9.16. The summed E-state index contributed by atoms with van der Waals surface area (Å²) >= 11 is 0. The highest BCUT2D eigenvalue weighted by atomic mass is 32.2. The molecule has 0 spiro atoms. The zero-order valence-electron chi connectivity index (χ0n) is 15.9. The van der Waals surface area contributed by atoms with Crippen LogP contribution in [0.3, 0.4) is 0 Å². The van der Waals surface area contributed by atoms with Crippen molar-refractivity contribution in [3.05, 3.63) is 0 Å². The van der Waals surface area contributed by atoms with Crippen molar-refractivity contribution < 1.29 is 18.1 Å². The molecule has 2 unspecified atom stereocenters. The van der Waals surface area contributed by atoms with Gasteiger partial charge in [-0.1, -0.05) is 78.1 Å². The van der Waals surface area contributed by atoms with Crippen LogP contribution in [0.4, 0.5) is 0 Å². The second kappa shape index (κ2) is 15.2. The van der Waals surface area contributed by atoms with Gasteiger partial charge in [0, 0.05) is 0 Å². The van der Waals surface area contributed by atoms with Crippen molar-refractivity contribution >= 4 is 10.1 Å². The predicted octanol–water partition coefficient (Wildman–Crippen LogP) is 5.50. The van der Waals surface area contributed by atoms with Gasteiger partial charge in [-0.3, -0.25) is 4.55 Å². The van der Waals surface area contributed by atoms with Gasteiger partial charge >= 0.3 is 0 Å². The lowest BCUT2D eigenvalue weighted by molar-refractivity contribution is 0.148. The first-order chi connectivity index (χ1) is 11.4. The van der Waals surface area contributed by atoms with E-state index in [9.17, 15) is 18.1 Å². The summed E-state index contributed by atoms with van der Waals surface area (Å²) in [6, 6.07) is 0. The van der Waals surface area contributed by atoms with Crippen LogP contribution in [0, 0.1) is 0 Å². The molecule has 24 heavy (non-hydrogen) atoms. The molecule has 0 heterocycles. The van der Waals surface area contributed by atoms with E-state index < -0.39 is 15.4 Å². The van der Waals surface area contributed by atoms with Crippen LogP contribution >= 0.6 is 0 Å². The molecule has 0 aromatic carbocycles. The van der Waals surface area contributed by atoms with Crippen molar-refractivity contribution in [2.75, 3.05) is 0 Å². The smallest absolute Gasteiger partial charge is 0.267 e. The van der Waals surface area contributed by atoms with Crippen molar-refractivity contribution in [2.24, 2.45) is 0 Å². The number of unbranched alkanes of at least 4 members (excludes halogenated alkanes) is 8. The third-order valence-electron chi connectivity index (χ3n) is 4.76. The van der Waals surface area contributed by atoms with Crippen LogP contribution in [0.25, 0.3) is 0 Å². The highest BCUT2D eigenvalue weighted by molar-refractivity contribution is 7.86. The van der Waals surface area contributed by atoms with E-state index in [-0.39, 0.29) is 6.10 Å². The Labute approximate surface area is 150 Å². The maximum absolute atomic E-state index is 11.5. The molecule has 0 amide bonds. The molecular weight excluding hydrogens is 324 g/mol. The molecule has 0 saturated carbocycles. The molecule has 0 saturated heterocycles. The first-order valence-corrected chi connectivity index (χ1v) is 11.6. The lowest BCUT2D eigenvalue weighted by Crippen LogP contribution is -2.21. The number of hydrogen-bond donors (Lipinski definition) is 2. The van der Waals surface area contributed by atoms with Gasteiger partial charge in [0.15, 0.2) is 0 Å². The molecule has 0 bridgehead atoms. The molecule has 146 valence electrons. The summed E-state index contributed by atoms with van der Waals surface area (Å²) < 4.78 is 32.4. The Morgan fingerprint density at radius 1 is 0.667 bits per heavy atom. The number of aliphatic hydroxyl groups is 1. The number of aliphatic hydroxyl groups excluding tert-OH is 1. The van der Waals surface area contributed by atoms with Gasteiger partial charge < -0.3 is 5.11 Å². The van der Waals surface area contributed by atoms with E-state index in [1.165, 1.54) is 32.1 Å². The van der Waals surface area contributed by atoms with Crippen LogP contribution in [0.1, 0.15) is 110 Å². The third kappa shape index (κ3) is 14.2. The van der Waals surface area contributed by atoms with E-state index in [1.807, 2.05) is 0 Å². The SMILES string of the molecule is CCCCCCCCCCC(CCCC(O)CCCC)S(=O)(=O)O. The van der Waals surface area contributed by atoms with Gasteiger partial charge in [0.25, 0.3) is 10.1 Å². The molecule has 0 aliphatic carbocycles. The second-order valence-electron chi connectivity index (χ2n) is 7.13. The summed E-state index contributed by atoms with van der Waals surface area (Å²) in [5.74, 6) is 0. The average molecular weight is 365 g/mol. The zero-order valence-corrected chi connectivity index (χ0v) is 16.7. The van der Waals surface area contributed by atoms with Crippen molar-refractivity contribution in [1.29, 1.82) is 0 Å². The van der Waals surface area contributed by atoms with Gasteiger partial charge in [-0.15, -0.1) is 0 Å². The fourth-order valence-electron chi connectivity index (χ4n) is 3.11. The first kappa shape index (κ1) is 23.9. The minimum absolute atomic E-state index is 0.338. The third-order valence-corrected chi connectivity index (χ3v) is 6.07. The Morgan fingerprint density at radius 3 is 1.67 bits per heavy atom. The fourth-order valence-corrected chi connectivity index (χ4v) is 4.04. The van der Waals surface area contributed by atoms with Crippen LogP contribution in [0.5, 0.6) is 0 Å². The average Bonchev–Trinajstić information content (AvgIpc) is 2.52. The van der Waals surface area contributed by atoms with Gasteiger partial charge in [-0.2, -0.15) is 8.42 Å². The summed E-state index contributed by atoms with van der Waals surface area (Å²) in [6.45, 7) is 4.29. The Bertz CT molecular complexity index is 368. The Morgan fingerprint density at radius 2 is 1.12 bits per heavy atom. The summed E-state index contributed by atoms with van der Waals surface area (Å²) in [4.78, 5) is 0. The van der Waals surface area contributed by atoms with Gasteiger partial charge in [-0.05, 0) is 32.1 Å². The largest absolute Gasteiger partial charge is 0.393 e. The molecule has 4 nitrogen and oxygen atoms in total. The van der Waals surface area contributed by atoms with Crippen LogP contribution in [0.15, 0.2) is 0 Å². The minimum Gasteiger partial charge on any atom is -0.393 e. The van der Waals surface area contributed by atoms with Crippen LogP contribution < -0.4 is 0 Å². The molecule has 0 aliphatic heterocycles. The van der Waals surface area contributed by atoms with E-state index in [0.29, 0.717) is 25.7 Å². The Hall–Kier alpha value is -0.130. The maximum atomic E-state index is 11.5. The second-order valence-corrected chi connectivity index (χ2v) is 8.82.